The summed E-state index contributed by atoms with van der Waals surface area (Å²) < 4.78 is 48.4. The third kappa shape index (κ3) is 4.26. The molecule has 0 aliphatic carbocycles. The highest BCUT2D eigenvalue weighted by Gasteiger charge is 2.40. The second kappa shape index (κ2) is 7.53. The van der Waals surface area contributed by atoms with E-state index in [1.54, 1.807) is 18.2 Å². The highest BCUT2D eigenvalue weighted by molar-refractivity contribution is 6.01. The van der Waals surface area contributed by atoms with Crippen LogP contribution in [0.3, 0.4) is 0 Å². The van der Waals surface area contributed by atoms with E-state index in [9.17, 15) is 22.8 Å². The van der Waals surface area contributed by atoms with Gasteiger partial charge < -0.3 is 20.5 Å². The molecule has 1 fully saturated rings. The number of pyridine rings is 1. The van der Waals surface area contributed by atoms with E-state index in [-0.39, 0.29) is 30.2 Å². The smallest absolute Gasteiger partial charge is 0.389 e. The Morgan fingerprint density at radius 3 is 2.79 bits per heavy atom. The number of alkyl halides is 3. The number of hydrogen-bond donors (Lipinski definition) is 2. The minimum atomic E-state index is -4.40. The Kier molecular flexibility index (Phi) is 5.30. The summed E-state index contributed by atoms with van der Waals surface area (Å²) in [5, 5.41) is 3.69. The predicted octanol–water partition coefficient (Wildman–Crippen LogP) is 2.18. The molecule has 2 aromatic rings. The molecule has 3 rings (SSSR count). The molecule has 7 nitrogen and oxygen atoms in total. The average Bonchev–Trinajstić information content (AvgIpc) is 2.96. The van der Waals surface area contributed by atoms with E-state index in [1.807, 2.05) is 0 Å². The van der Waals surface area contributed by atoms with Crippen LogP contribution in [0.4, 0.5) is 13.2 Å². The van der Waals surface area contributed by atoms with Gasteiger partial charge in [-0.3, -0.25) is 9.59 Å². The number of ether oxygens (including phenoxy) is 2. The van der Waals surface area contributed by atoms with Crippen molar-refractivity contribution in [1.29, 1.82) is 0 Å². The quantitative estimate of drug-likeness (QED) is 0.778. The van der Waals surface area contributed by atoms with Crippen molar-refractivity contribution in [3.63, 3.8) is 0 Å². The molecule has 1 aromatic heterocycles. The number of primary amides is 1. The van der Waals surface area contributed by atoms with E-state index in [0.717, 1.165) is 0 Å². The van der Waals surface area contributed by atoms with Gasteiger partial charge in [0.15, 0.2) is 0 Å². The van der Waals surface area contributed by atoms with Gasteiger partial charge in [0.05, 0.1) is 25.1 Å². The Labute approximate surface area is 158 Å². The van der Waals surface area contributed by atoms with Gasteiger partial charge >= 0.3 is 6.18 Å². The Bertz CT molecular complexity index is 917. The van der Waals surface area contributed by atoms with E-state index in [2.05, 4.69) is 10.3 Å². The molecule has 1 aromatic carbocycles. The Morgan fingerprint density at radius 1 is 1.39 bits per heavy atom. The molecular weight excluding hydrogens is 379 g/mol. The molecule has 1 saturated heterocycles. The molecule has 150 valence electrons. The van der Waals surface area contributed by atoms with Crippen molar-refractivity contribution in [2.24, 2.45) is 11.7 Å². The first-order valence-electron chi connectivity index (χ1n) is 8.44. The van der Waals surface area contributed by atoms with Crippen LogP contribution in [0.15, 0.2) is 24.4 Å². The lowest BCUT2D eigenvalue weighted by molar-refractivity contribution is -0.151. The average molecular weight is 397 g/mol. The highest BCUT2D eigenvalue weighted by Crippen LogP contribution is 2.32. The highest BCUT2D eigenvalue weighted by atomic mass is 19.4. The Morgan fingerprint density at radius 2 is 2.14 bits per heavy atom. The maximum absolute atomic E-state index is 12.5. The number of methoxy groups -OCH3 is 1. The van der Waals surface area contributed by atoms with Crippen LogP contribution in [0, 0.1) is 5.92 Å². The van der Waals surface area contributed by atoms with Gasteiger partial charge in [0.25, 0.3) is 5.91 Å². The van der Waals surface area contributed by atoms with Crippen molar-refractivity contribution in [3.8, 4) is 11.6 Å². The zero-order chi connectivity index (χ0) is 20.5. The molecule has 2 heterocycles. The number of hydrogen-bond acceptors (Lipinski definition) is 5. The third-order valence-corrected chi connectivity index (χ3v) is 4.50. The first kappa shape index (κ1) is 19.7. The summed E-state index contributed by atoms with van der Waals surface area (Å²) in [5.74, 6) is -1.95. The largest absolute Gasteiger partial charge is 0.496 e. The summed E-state index contributed by atoms with van der Waals surface area (Å²) in [6.07, 6.45) is -4.06. The van der Waals surface area contributed by atoms with E-state index < -0.39 is 36.4 Å². The molecule has 28 heavy (non-hydrogen) atoms. The van der Waals surface area contributed by atoms with E-state index in [1.165, 1.54) is 13.3 Å². The van der Waals surface area contributed by atoms with Crippen LogP contribution in [0.5, 0.6) is 11.6 Å². The fraction of sp³-hybridized carbons (Fsp3) is 0.389. The van der Waals surface area contributed by atoms with Crippen LogP contribution >= 0.6 is 0 Å². The van der Waals surface area contributed by atoms with Crippen LogP contribution in [-0.4, -0.2) is 42.7 Å². The summed E-state index contributed by atoms with van der Waals surface area (Å²) in [7, 11) is 1.39. The molecule has 2 atom stereocenters. The van der Waals surface area contributed by atoms with Gasteiger partial charge in [-0.05, 0) is 30.0 Å². The molecule has 2 amide bonds. The van der Waals surface area contributed by atoms with Gasteiger partial charge in [-0.15, -0.1) is 0 Å². The van der Waals surface area contributed by atoms with Gasteiger partial charge in [-0.2, -0.15) is 13.2 Å². The minimum absolute atomic E-state index is 0.0260. The fourth-order valence-corrected chi connectivity index (χ4v) is 3.22. The van der Waals surface area contributed by atoms with Crippen LogP contribution < -0.4 is 20.5 Å². The van der Waals surface area contributed by atoms with Gasteiger partial charge in [0.1, 0.15) is 12.4 Å². The van der Waals surface area contributed by atoms with Crippen molar-refractivity contribution in [1.82, 2.24) is 10.3 Å². The summed E-state index contributed by atoms with van der Waals surface area (Å²) in [5.41, 5.74) is 5.54. The van der Waals surface area contributed by atoms with E-state index >= 15 is 0 Å². The minimum Gasteiger partial charge on any atom is -0.496 e. The topological polar surface area (TPSA) is 104 Å². The van der Waals surface area contributed by atoms with E-state index in [0.29, 0.717) is 10.8 Å². The third-order valence-electron chi connectivity index (χ3n) is 4.50. The normalized spacial score (nSPS) is 19.5. The lowest BCUT2D eigenvalue weighted by atomic mass is 10.0. The number of nitrogens with zero attached hydrogens (tertiary/aromatic N) is 1. The Hall–Kier alpha value is -3.04. The number of fused-ring (bicyclic) bond motifs is 1. The van der Waals surface area contributed by atoms with Crippen molar-refractivity contribution < 1.29 is 32.2 Å². The number of nitrogens with one attached hydrogen (secondary N) is 1. The first-order chi connectivity index (χ1) is 13.2. The van der Waals surface area contributed by atoms with Crippen LogP contribution in [0.2, 0.25) is 0 Å². The molecular formula is C18H18F3N3O4. The molecule has 0 spiro atoms. The molecule has 1 aliphatic rings. The summed E-state index contributed by atoms with van der Waals surface area (Å²) in [4.78, 5) is 27.4. The number of benzene rings is 1. The van der Waals surface area contributed by atoms with Crippen LogP contribution in [0.1, 0.15) is 23.2 Å². The van der Waals surface area contributed by atoms with Gasteiger partial charge in [0, 0.05) is 17.5 Å². The lowest BCUT2D eigenvalue weighted by Gasteiger charge is -2.14. The number of halogens is 3. The zero-order valence-corrected chi connectivity index (χ0v) is 14.9. The molecule has 0 unspecified atom stereocenters. The van der Waals surface area contributed by atoms with Crippen LogP contribution in [-0.2, 0) is 4.79 Å². The summed E-state index contributed by atoms with van der Waals surface area (Å²) in [6.45, 7) is -0.0356. The number of aromatic nitrogens is 1. The zero-order valence-electron chi connectivity index (χ0n) is 14.9. The predicted molar refractivity (Wildman–Crippen MR) is 93.0 cm³/mol. The van der Waals surface area contributed by atoms with Gasteiger partial charge in [-0.1, -0.05) is 0 Å². The maximum atomic E-state index is 12.5. The number of carbonyl (C=O) groups is 2. The van der Waals surface area contributed by atoms with Crippen molar-refractivity contribution in [2.45, 2.75) is 25.1 Å². The maximum Gasteiger partial charge on any atom is 0.389 e. The van der Waals surface area contributed by atoms with Gasteiger partial charge in [-0.25, -0.2) is 4.98 Å². The second-order valence-electron chi connectivity index (χ2n) is 6.52. The molecule has 0 bridgehead atoms. The standard InChI is InChI=1S/C18H18F3N3O4/c1-27-14-6-12-9(5-13(14)15(22)25)2-3-23-17(12)28-8-11-4-10(16(26)24-11)7-18(19,20)21/h2-3,5-6,10-11H,4,7-8H2,1H3,(H2,22,25)(H,24,26)/t10-,11-/m0/s1. The summed E-state index contributed by atoms with van der Waals surface area (Å²) in [6, 6.07) is 4.20. The monoisotopic (exact) mass is 397 g/mol. The first-order valence-corrected chi connectivity index (χ1v) is 8.44. The van der Waals surface area contributed by atoms with Crippen LogP contribution in [0.25, 0.3) is 10.8 Å². The second-order valence-corrected chi connectivity index (χ2v) is 6.52. The fourth-order valence-electron chi connectivity index (χ4n) is 3.22. The molecule has 10 heteroatoms. The number of rotatable bonds is 6. The lowest BCUT2D eigenvalue weighted by Crippen LogP contribution is -2.31. The van der Waals surface area contributed by atoms with Crippen molar-refractivity contribution in [2.75, 3.05) is 13.7 Å². The SMILES string of the molecule is COc1cc2c(OC[C@@H]3C[C@@H](CC(F)(F)F)C(=O)N3)nccc2cc1C(N)=O. The number of amides is 2. The van der Waals surface area contributed by atoms with Crippen molar-refractivity contribution >= 4 is 22.6 Å². The van der Waals surface area contributed by atoms with Crippen molar-refractivity contribution in [3.05, 3.63) is 30.0 Å². The Balaban J connectivity index is 1.76. The molecule has 0 saturated carbocycles. The van der Waals surface area contributed by atoms with Gasteiger partial charge in [0.2, 0.25) is 11.8 Å². The van der Waals surface area contributed by atoms with E-state index in [4.69, 9.17) is 15.2 Å². The molecule has 3 N–H and O–H groups in total. The summed E-state index contributed by atoms with van der Waals surface area (Å²) >= 11 is 0. The molecule has 1 aliphatic heterocycles. The number of nitrogens with two attached hydrogens (primary N) is 1. The molecule has 0 radical (unpaired) electrons. The number of carbonyl (C=O) groups excluding carboxylic acids is 2.